The van der Waals surface area contributed by atoms with Crippen LogP contribution in [0.1, 0.15) is 18.1 Å². The Labute approximate surface area is 152 Å². The van der Waals surface area contributed by atoms with E-state index in [2.05, 4.69) is 5.32 Å². The summed E-state index contributed by atoms with van der Waals surface area (Å²) in [5.41, 5.74) is 0.510. The Hall–Kier alpha value is -2.67. The summed E-state index contributed by atoms with van der Waals surface area (Å²) >= 11 is 0. The molecule has 1 heterocycles. The number of carbonyl (C=O) groups excluding carboxylic acids is 2. The zero-order valence-corrected chi connectivity index (χ0v) is 15.4. The smallest absolute Gasteiger partial charge is 0.319 e. The second-order valence-corrected chi connectivity index (χ2v) is 8.62. The van der Waals surface area contributed by atoms with E-state index in [0.717, 1.165) is 10.5 Å². The van der Waals surface area contributed by atoms with E-state index < -0.39 is 27.3 Å². The molecule has 1 aliphatic heterocycles. The number of hydrogen-bond acceptors (Lipinski definition) is 4. The molecule has 1 saturated heterocycles. The minimum atomic E-state index is -3.58. The second-order valence-electron chi connectivity index (χ2n) is 6.51. The van der Waals surface area contributed by atoms with Crippen LogP contribution in [-0.4, -0.2) is 37.6 Å². The van der Waals surface area contributed by atoms with Crippen LogP contribution in [0.2, 0.25) is 0 Å². The molecule has 1 aliphatic rings. The number of aryl methyl sites for hydroxylation is 1. The maximum atomic E-state index is 12.8. The molecular formula is C19H20N2O4S. The predicted molar refractivity (Wildman–Crippen MR) is 97.3 cm³/mol. The molecular weight excluding hydrogens is 352 g/mol. The summed E-state index contributed by atoms with van der Waals surface area (Å²) in [6, 6.07) is 14.7. The summed E-state index contributed by atoms with van der Waals surface area (Å²) < 4.78 is 24.8. The van der Waals surface area contributed by atoms with E-state index in [-0.39, 0.29) is 17.2 Å². The Morgan fingerprint density at radius 3 is 2.23 bits per heavy atom. The van der Waals surface area contributed by atoms with Crippen molar-refractivity contribution < 1.29 is 18.0 Å². The number of nitrogens with zero attached hydrogens (tertiary/aromatic N) is 1. The average molecular weight is 372 g/mol. The highest BCUT2D eigenvalue weighted by molar-refractivity contribution is 7.91. The number of amides is 3. The molecule has 0 saturated carbocycles. The molecule has 136 valence electrons. The molecule has 0 radical (unpaired) electrons. The van der Waals surface area contributed by atoms with Crippen LogP contribution in [0.4, 0.5) is 4.79 Å². The Morgan fingerprint density at radius 1 is 1.00 bits per heavy atom. The van der Waals surface area contributed by atoms with Gasteiger partial charge < -0.3 is 5.32 Å². The van der Waals surface area contributed by atoms with E-state index in [0.29, 0.717) is 5.56 Å². The SMILES string of the molecule is Cc1ccc(C2(C)NC(=O)N(CCS(=O)(=O)c3ccccc3)C2=O)cc1. The van der Waals surface area contributed by atoms with Gasteiger partial charge in [0.15, 0.2) is 9.84 Å². The van der Waals surface area contributed by atoms with Gasteiger partial charge in [-0.15, -0.1) is 0 Å². The van der Waals surface area contributed by atoms with Crippen molar-refractivity contribution in [3.63, 3.8) is 0 Å². The van der Waals surface area contributed by atoms with Crippen LogP contribution in [0.5, 0.6) is 0 Å². The van der Waals surface area contributed by atoms with Gasteiger partial charge in [-0.3, -0.25) is 9.69 Å². The number of sulfone groups is 1. The molecule has 2 aromatic rings. The fourth-order valence-corrected chi connectivity index (χ4v) is 4.17. The number of carbonyl (C=O) groups is 2. The van der Waals surface area contributed by atoms with Crippen molar-refractivity contribution in [3.05, 3.63) is 65.7 Å². The van der Waals surface area contributed by atoms with Crippen LogP contribution in [0.3, 0.4) is 0 Å². The third-order valence-corrected chi connectivity index (χ3v) is 6.30. The normalized spacial score (nSPS) is 20.3. The maximum Gasteiger partial charge on any atom is 0.325 e. The first-order chi connectivity index (χ1) is 12.2. The first kappa shape index (κ1) is 18.1. The molecule has 2 aromatic carbocycles. The number of imide groups is 1. The van der Waals surface area contributed by atoms with Crippen LogP contribution in [-0.2, 0) is 20.2 Å². The van der Waals surface area contributed by atoms with E-state index in [4.69, 9.17) is 0 Å². The molecule has 3 amide bonds. The molecule has 1 N–H and O–H groups in total. The Balaban J connectivity index is 1.79. The van der Waals surface area contributed by atoms with Crippen LogP contribution in [0.15, 0.2) is 59.5 Å². The number of rotatable bonds is 5. The largest absolute Gasteiger partial charge is 0.325 e. The zero-order chi connectivity index (χ0) is 18.9. The minimum absolute atomic E-state index is 0.174. The van der Waals surface area contributed by atoms with Crippen LogP contribution >= 0.6 is 0 Å². The quantitative estimate of drug-likeness (QED) is 0.816. The standard InChI is InChI=1S/C19H20N2O4S/c1-14-8-10-15(11-9-14)19(2)17(22)21(18(23)20-19)12-13-26(24,25)16-6-4-3-5-7-16/h3-11H,12-13H2,1-2H3,(H,20,23). The summed E-state index contributed by atoms with van der Waals surface area (Å²) in [6.07, 6.45) is 0. The first-order valence-corrected chi connectivity index (χ1v) is 9.88. The van der Waals surface area contributed by atoms with Crippen LogP contribution < -0.4 is 5.32 Å². The topological polar surface area (TPSA) is 83.6 Å². The highest BCUT2D eigenvalue weighted by atomic mass is 32.2. The van der Waals surface area contributed by atoms with Gasteiger partial charge in [0, 0.05) is 6.54 Å². The van der Waals surface area contributed by atoms with Gasteiger partial charge in [-0.2, -0.15) is 0 Å². The molecule has 0 bridgehead atoms. The minimum Gasteiger partial charge on any atom is -0.319 e. The third-order valence-electron chi connectivity index (χ3n) is 4.59. The van der Waals surface area contributed by atoms with Gasteiger partial charge in [0.2, 0.25) is 0 Å². The van der Waals surface area contributed by atoms with Crippen molar-refractivity contribution in [3.8, 4) is 0 Å². The third kappa shape index (κ3) is 3.22. The monoisotopic (exact) mass is 372 g/mol. The van der Waals surface area contributed by atoms with Crippen molar-refractivity contribution in [1.82, 2.24) is 10.2 Å². The highest BCUT2D eigenvalue weighted by Crippen LogP contribution is 2.29. The average Bonchev–Trinajstić information content (AvgIpc) is 2.84. The van der Waals surface area contributed by atoms with Gasteiger partial charge in [-0.05, 0) is 31.5 Å². The number of nitrogens with one attached hydrogen (secondary N) is 1. The summed E-state index contributed by atoms with van der Waals surface area (Å²) in [7, 11) is -3.58. The molecule has 1 atom stereocenters. The van der Waals surface area contributed by atoms with E-state index in [1.54, 1.807) is 37.3 Å². The van der Waals surface area contributed by atoms with Gasteiger partial charge in [0.25, 0.3) is 5.91 Å². The number of urea groups is 1. The molecule has 0 aliphatic carbocycles. The van der Waals surface area contributed by atoms with Crippen molar-refractivity contribution in [2.75, 3.05) is 12.3 Å². The maximum absolute atomic E-state index is 12.8. The molecule has 1 unspecified atom stereocenters. The van der Waals surface area contributed by atoms with Gasteiger partial charge in [0.05, 0.1) is 10.6 Å². The van der Waals surface area contributed by atoms with E-state index >= 15 is 0 Å². The zero-order valence-electron chi connectivity index (χ0n) is 14.6. The van der Waals surface area contributed by atoms with Crippen molar-refractivity contribution in [2.24, 2.45) is 0 Å². The molecule has 7 heteroatoms. The Kier molecular flexibility index (Phi) is 4.58. The molecule has 0 aromatic heterocycles. The lowest BCUT2D eigenvalue weighted by Gasteiger charge is -2.22. The lowest BCUT2D eigenvalue weighted by atomic mass is 9.91. The predicted octanol–water partition coefficient (Wildman–Crippen LogP) is 2.24. The summed E-state index contributed by atoms with van der Waals surface area (Å²) in [5, 5.41) is 2.68. The number of hydrogen-bond donors (Lipinski definition) is 1. The molecule has 6 nitrogen and oxygen atoms in total. The van der Waals surface area contributed by atoms with Crippen molar-refractivity contribution in [1.29, 1.82) is 0 Å². The lowest BCUT2D eigenvalue weighted by Crippen LogP contribution is -2.41. The Morgan fingerprint density at radius 2 is 1.62 bits per heavy atom. The highest BCUT2D eigenvalue weighted by Gasteiger charge is 2.49. The van der Waals surface area contributed by atoms with Gasteiger partial charge in [-0.25, -0.2) is 13.2 Å². The first-order valence-electron chi connectivity index (χ1n) is 8.23. The second kappa shape index (κ2) is 6.57. The fourth-order valence-electron chi connectivity index (χ4n) is 2.94. The van der Waals surface area contributed by atoms with Crippen molar-refractivity contribution in [2.45, 2.75) is 24.3 Å². The van der Waals surface area contributed by atoms with E-state index in [1.807, 2.05) is 19.1 Å². The molecule has 0 spiro atoms. The molecule has 26 heavy (non-hydrogen) atoms. The van der Waals surface area contributed by atoms with E-state index in [9.17, 15) is 18.0 Å². The van der Waals surface area contributed by atoms with Crippen LogP contribution in [0.25, 0.3) is 0 Å². The van der Waals surface area contributed by atoms with Gasteiger partial charge in [0.1, 0.15) is 5.54 Å². The van der Waals surface area contributed by atoms with Crippen molar-refractivity contribution >= 4 is 21.8 Å². The number of benzene rings is 2. The van der Waals surface area contributed by atoms with Gasteiger partial charge in [-0.1, -0.05) is 48.0 Å². The van der Waals surface area contributed by atoms with Gasteiger partial charge >= 0.3 is 6.03 Å². The summed E-state index contributed by atoms with van der Waals surface area (Å²) in [5.74, 6) is -0.769. The summed E-state index contributed by atoms with van der Waals surface area (Å²) in [6.45, 7) is 3.37. The Bertz CT molecular complexity index is 939. The molecule has 3 rings (SSSR count). The summed E-state index contributed by atoms with van der Waals surface area (Å²) in [4.78, 5) is 26.3. The van der Waals surface area contributed by atoms with E-state index in [1.165, 1.54) is 12.1 Å². The van der Waals surface area contributed by atoms with Crippen LogP contribution in [0, 0.1) is 6.92 Å². The molecule has 1 fully saturated rings. The lowest BCUT2D eigenvalue weighted by molar-refractivity contribution is -0.130. The fraction of sp³-hybridized carbons (Fsp3) is 0.263.